The quantitative estimate of drug-likeness (QED) is 0.549. The lowest BCUT2D eigenvalue weighted by Crippen LogP contribution is -1.88. The number of benzene rings is 2. The van der Waals surface area contributed by atoms with E-state index in [1.807, 2.05) is 25.1 Å². The number of nitrogens with two attached hydrogens (primary N) is 1. The van der Waals surface area contributed by atoms with E-state index >= 15 is 0 Å². The van der Waals surface area contributed by atoms with Crippen LogP contribution >= 0.6 is 0 Å². The second-order valence-corrected chi connectivity index (χ2v) is 3.54. The molecule has 15 heavy (non-hydrogen) atoms. The Kier molecular flexibility index (Phi) is 2.08. The van der Waals surface area contributed by atoms with Crippen molar-refractivity contribution in [3.63, 3.8) is 0 Å². The molecule has 0 atom stereocenters. The van der Waals surface area contributed by atoms with Gasteiger partial charge in [-0.15, -0.1) is 0 Å². The van der Waals surface area contributed by atoms with Crippen molar-refractivity contribution in [2.45, 2.75) is 6.92 Å². The Morgan fingerprint density at radius 1 is 1.27 bits per heavy atom. The van der Waals surface area contributed by atoms with Gasteiger partial charge in [0.15, 0.2) is 0 Å². The molecule has 0 aromatic heterocycles. The molecule has 3 N–H and O–H groups in total. The summed E-state index contributed by atoms with van der Waals surface area (Å²) in [4.78, 5) is 3.81. The SMILES string of the molecule is C=Nc1c(O)cc(N)c2cc(C)ccc12. The van der Waals surface area contributed by atoms with Gasteiger partial charge >= 0.3 is 0 Å². The second-order valence-electron chi connectivity index (χ2n) is 3.54. The van der Waals surface area contributed by atoms with Crippen LogP contribution in [0.25, 0.3) is 10.8 Å². The largest absolute Gasteiger partial charge is 0.506 e. The average Bonchev–Trinajstić information content (AvgIpc) is 2.19. The molecule has 0 saturated carbocycles. The number of aryl methyl sites for hydroxylation is 1. The highest BCUT2D eigenvalue weighted by Crippen LogP contribution is 2.38. The number of rotatable bonds is 1. The normalized spacial score (nSPS) is 10.5. The van der Waals surface area contributed by atoms with Gasteiger partial charge in [-0.1, -0.05) is 17.7 Å². The van der Waals surface area contributed by atoms with Gasteiger partial charge in [-0.25, -0.2) is 0 Å². The third-order valence-corrected chi connectivity index (χ3v) is 2.43. The maximum absolute atomic E-state index is 9.64. The van der Waals surface area contributed by atoms with Crippen LogP contribution in [0.1, 0.15) is 5.56 Å². The summed E-state index contributed by atoms with van der Waals surface area (Å²) in [5, 5.41) is 11.4. The summed E-state index contributed by atoms with van der Waals surface area (Å²) in [6.45, 7) is 5.44. The number of hydrogen-bond donors (Lipinski definition) is 2. The highest BCUT2D eigenvalue weighted by atomic mass is 16.3. The Labute approximate surface area is 87.9 Å². The van der Waals surface area contributed by atoms with Gasteiger partial charge < -0.3 is 10.8 Å². The number of anilines is 1. The molecule has 0 aliphatic heterocycles. The first-order chi connectivity index (χ1) is 7.13. The molecule has 3 nitrogen and oxygen atoms in total. The molecule has 0 unspecified atom stereocenters. The summed E-state index contributed by atoms with van der Waals surface area (Å²) in [6.07, 6.45) is 0. The summed E-state index contributed by atoms with van der Waals surface area (Å²) >= 11 is 0. The number of aromatic hydroxyl groups is 1. The number of fused-ring (bicyclic) bond motifs is 1. The minimum Gasteiger partial charge on any atom is -0.506 e. The number of phenols is 1. The van der Waals surface area contributed by atoms with Crippen LogP contribution in [0.15, 0.2) is 29.3 Å². The van der Waals surface area contributed by atoms with Gasteiger partial charge in [-0.2, -0.15) is 0 Å². The Bertz CT molecular complexity index is 547. The van der Waals surface area contributed by atoms with E-state index in [1.165, 1.54) is 6.07 Å². The number of hydrogen-bond acceptors (Lipinski definition) is 3. The standard InChI is InChI=1S/C12H12N2O/c1-7-3-4-8-9(5-7)10(13)6-11(15)12(8)14-2/h3-6,15H,2,13H2,1H3. The molecule has 0 saturated heterocycles. The van der Waals surface area contributed by atoms with E-state index in [0.717, 1.165) is 16.3 Å². The minimum atomic E-state index is 0.0684. The molecule has 2 rings (SSSR count). The van der Waals surface area contributed by atoms with E-state index in [0.29, 0.717) is 11.4 Å². The predicted molar refractivity (Wildman–Crippen MR) is 64.0 cm³/mol. The van der Waals surface area contributed by atoms with Crippen molar-refractivity contribution in [1.29, 1.82) is 0 Å². The number of phenolic OH excluding ortho intramolecular Hbond substituents is 1. The lowest BCUT2D eigenvalue weighted by atomic mass is 10.0. The fourth-order valence-corrected chi connectivity index (χ4v) is 1.70. The lowest BCUT2D eigenvalue weighted by molar-refractivity contribution is 0.478. The fourth-order valence-electron chi connectivity index (χ4n) is 1.70. The third-order valence-electron chi connectivity index (χ3n) is 2.43. The average molecular weight is 200 g/mol. The van der Waals surface area contributed by atoms with Gasteiger partial charge in [0.05, 0.1) is 0 Å². The summed E-state index contributed by atoms with van der Waals surface area (Å²) in [7, 11) is 0. The molecule has 0 fully saturated rings. The molecule has 2 aromatic carbocycles. The zero-order valence-electron chi connectivity index (χ0n) is 8.49. The smallest absolute Gasteiger partial charge is 0.143 e. The minimum absolute atomic E-state index is 0.0684. The fraction of sp³-hybridized carbons (Fsp3) is 0.0833. The van der Waals surface area contributed by atoms with Gasteiger partial charge in [0, 0.05) is 22.5 Å². The van der Waals surface area contributed by atoms with Crippen molar-refractivity contribution < 1.29 is 5.11 Å². The zero-order valence-corrected chi connectivity index (χ0v) is 8.49. The van der Waals surface area contributed by atoms with Crippen LogP contribution in [0.5, 0.6) is 5.75 Å². The highest BCUT2D eigenvalue weighted by molar-refractivity contribution is 6.03. The van der Waals surface area contributed by atoms with Gasteiger partial charge in [-0.3, -0.25) is 4.99 Å². The van der Waals surface area contributed by atoms with Crippen LogP contribution in [0, 0.1) is 6.92 Å². The number of aliphatic imine (C=N–C) groups is 1. The van der Waals surface area contributed by atoms with Crippen molar-refractivity contribution in [2.24, 2.45) is 4.99 Å². The summed E-state index contributed by atoms with van der Waals surface area (Å²) in [5.41, 5.74) is 7.99. The van der Waals surface area contributed by atoms with E-state index in [1.54, 1.807) is 0 Å². The van der Waals surface area contributed by atoms with Crippen LogP contribution < -0.4 is 5.73 Å². The maximum Gasteiger partial charge on any atom is 0.143 e. The zero-order chi connectivity index (χ0) is 11.0. The van der Waals surface area contributed by atoms with Gasteiger partial charge in [0.2, 0.25) is 0 Å². The molecule has 0 heterocycles. The predicted octanol–water partition coefficient (Wildman–Crippen LogP) is 2.77. The third kappa shape index (κ3) is 1.42. The van der Waals surface area contributed by atoms with E-state index in [-0.39, 0.29) is 5.75 Å². The van der Waals surface area contributed by atoms with Crippen molar-refractivity contribution >= 4 is 28.9 Å². The Morgan fingerprint density at radius 3 is 2.67 bits per heavy atom. The first-order valence-corrected chi connectivity index (χ1v) is 4.62. The first kappa shape index (κ1) is 9.52. The molecule has 2 aromatic rings. The van der Waals surface area contributed by atoms with Crippen LogP contribution in [-0.2, 0) is 0 Å². The summed E-state index contributed by atoms with van der Waals surface area (Å²) < 4.78 is 0. The van der Waals surface area contributed by atoms with Crippen LogP contribution in [0.3, 0.4) is 0 Å². The molecule has 3 heteroatoms. The topological polar surface area (TPSA) is 58.6 Å². The van der Waals surface area contributed by atoms with Gasteiger partial charge in [0.25, 0.3) is 0 Å². The maximum atomic E-state index is 9.64. The number of nitrogens with zero attached hydrogens (tertiary/aromatic N) is 1. The molecule has 0 radical (unpaired) electrons. The van der Waals surface area contributed by atoms with E-state index in [4.69, 9.17) is 5.73 Å². The van der Waals surface area contributed by atoms with Gasteiger partial charge in [-0.05, 0) is 19.7 Å². The molecular formula is C12H12N2O. The molecule has 0 aliphatic rings. The van der Waals surface area contributed by atoms with Crippen molar-refractivity contribution in [1.82, 2.24) is 0 Å². The van der Waals surface area contributed by atoms with Crippen molar-refractivity contribution in [2.75, 3.05) is 5.73 Å². The van der Waals surface area contributed by atoms with Crippen LogP contribution in [0.4, 0.5) is 11.4 Å². The second kappa shape index (κ2) is 3.28. The van der Waals surface area contributed by atoms with Crippen LogP contribution in [0.2, 0.25) is 0 Å². The Balaban J connectivity index is 2.96. The number of nitrogen functional groups attached to an aromatic ring is 1. The monoisotopic (exact) mass is 200 g/mol. The van der Waals surface area contributed by atoms with E-state index < -0.39 is 0 Å². The van der Waals surface area contributed by atoms with Crippen LogP contribution in [-0.4, -0.2) is 11.8 Å². The Morgan fingerprint density at radius 2 is 2.00 bits per heavy atom. The molecule has 0 amide bonds. The van der Waals surface area contributed by atoms with E-state index in [2.05, 4.69) is 11.7 Å². The lowest BCUT2D eigenvalue weighted by Gasteiger charge is -2.08. The summed E-state index contributed by atoms with van der Waals surface area (Å²) in [5.74, 6) is 0.0684. The molecule has 0 spiro atoms. The highest BCUT2D eigenvalue weighted by Gasteiger charge is 2.08. The Hall–Kier alpha value is -2.03. The molecule has 0 aliphatic carbocycles. The summed E-state index contributed by atoms with van der Waals surface area (Å²) in [6, 6.07) is 7.32. The van der Waals surface area contributed by atoms with Crippen molar-refractivity contribution in [3.8, 4) is 5.75 Å². The van der Waals surface area contributed by atoms with Gasteiger partial charge in [0.1, 0.15) is 11.4 Å². The molecule has 76 valence electrons. The first-order valence-electron chi connectivity index (χ1n) is 4.62. The van der Waals surface area contributed by atoms with E-state index in [9.17, 15) is 5.11 Å². The molecular weight excluding hydrogens is 188 g/mol. The van der Waals surface area contributed by atoms with Crippen molar-refractivity contribution in [3.05, 3.63) is 29.8 Å². The molecule has 0 bridgehead atoms.